The number of hydrogen-bond donors (Lipinski definition) is 1. The monoisotopic (exact) mass is 244 g/mol. The van der Waals surface area contributed by atoms with Crippen molar-refractivity contribution in [2.24, 2.45) is 5.73 Å². The lowest BCUT2D eigenvalue weighted by Crippen LogP contribution is -2.46. The van der Waals surface area contributed by atoms with Gasteiger partial charge in [-0.05, 0) is 26.8 Å². The predicted octanol–water partition coefficient (Wildman–Crippen LogP) is 0.724. The third-order valence-corrected chi connectivity index (χ3v) is 2.82. The van der Waals surface area contributed by atoms with Crippen molar-refractivity contribution < 1.29 is 14.3 Å². The zero-order valence-electron chi connectivity index (χ0n) is 11.2. The van der Waals surface area contributed by atoms with Gasteiger partial charge in [-0.15, -0.1) is 0 Å². The lowest BCUT2D eigenvalue weighted by atomic mass is 10.0. The first-order valence-corrected chi connectivity index (χ1v) is 6.10. The van der Waals surface area contributed by atoms with Crippen LogP contribution in [-0.2, 0) is 14.3 Å². The van der Waals surface area contributed by atoms with Gasteiger partial charge in [-0.3, -0.25) is 4.79 Å². The van der Waals surface area contributed by atoms with Crippen LogP contribution in [0.25, 0.3) is 0 Å². The molecule has 1 saturated heterocycles. The van der Waals surface area contributed by atoms with E-state index in [0.717, 1.165) is 12.8 Å². The third-order valence-electron chi connectivity index (χ3n) is 2.82. The maximum Gasteiger partial charge on any atom is 0.224 e. The van der Waals surface area contributed by atoms with Gasteiger partial charge in [0, 0.05) is 20.5 Å². The predicted molar refractivity (Wildman–Crippen MR) is 65.4 cm³/mol. The molecule has 0 radical (unpaired) electrons. The van der Waals surface area contributed by atoms with Crippen LogP contribution in [0.4, 0.5) is 0 Å². The van der Waals surface area contributed by atoms with Crippen LogP contribution in [0.3, 0.4) is 0 Å². The second-order valence-corrected chi connectivity index (χ2v) is 5.18. The van der Waals surface area contributed by atoms with Gasteiger partial charge in [0.1, 0.15) is 0 Å². The zero-order chi connectivity index (χ0) is 13.1. The minimum absolute atomic E-state index is 0.0785. The maximum atomic E-state index is 11.7. The molecule has 2 unspecified atom stereocenters. The molecule has 5 nitrogen and oxygen atoms in total. The molecule has 2 N–H and O–H groups in total. The highest BCUT2D eigenvalue weighted by Crippen LogP contribution is 2.29. The fourth-order valence-corrected chi connectivity index (χ4v) is 2.08. The number of carbonyl (C=O) groups excluding carboxylic acids is 1. The first-order chi connectivity index (χ1) is 7.84. The number of nitrogens with two attached hydrogens (primary N) is 1. The number of ether oxygens (including phenoxy) is 2. The average Bonchev–Trinajstić information content (AvgIpc) is 2.15. The molecule has 0 aromatic heterocycles. The Bertz CT molecular complexity index is 266. The molecule has 5 heteroatoms. The molecule has 1 fully saturated rings. The Morgan fingerprint density at radius 3 is 2.47 bits per heavy atom. The second-order valence-electron chi connectivity index (χ2n) is 5.18. The highest BCUT2D eigenvalue weighted by molar-refractivity contribution is 5.76. The Kier molecular flexibility index (Phi) is 4.91. The van der Waals surface area contributed by atoms with Crippen molar-refractivity contribution in [3.05, 3.63) is 0 Å². The lowest BCUT2D eigenvalue weighted by molar-refractivity contribution is -0.299. The van der Waals surface area contributed by atoms with Crippen molar-refractivity contribution in [2.45, 2.75) is 51.1 Å². The summed E-state index contributed by atoms with van der Waals surface area (Å²) in [6, 6.07) is 0. The Labute approximate surface area is 103 Å². The van der Waals surface area contributed by atoms with Gasteiger partial charge in [-0.25, -0.2) is 0 Å². The van der Waals surface area contributed by atoms with Gasteiger partial charge < -0.3 is 20.1 Å². The van der Waals surface area contributed by atoms with E-state index >= 15 is 0 Å². The smallest absolute Gasteiger partial charge is 0.224 e. The Morgan fingerprint density at radius 1 is 1.35 bits per heavy atom. The van der Waals surface area contributed by atoms with Crippen molar-refractivity contribution in [1.82, 2.24) is 4.90 Å². The summed E-state index contributed by atoms with van der Waals surface area (Å²) in [5.74, 6) is -0.547. The van der Waals surface area contributed by atoms with E-state index in [4.69, 9.17) is 15.2 Å². The molecule has 0 aromatic rings. The number of hydrogen-bond acceptors (Lipinski definition) is 4. The Balaban J connectivity index is 2.57. The van der Waals surface area contributed by atoms with Gasteiger partial charge in [-0.1, -0.05) is 0 Å². The summed E-state index contributed by atoms with van der Waals surface area (Å²) < 4.78 is 11.5. The fraction of sp³-hybridized carbons (Fsp3) is 0.917. The van der Waals surface area contributed by atoms with E-state index in [1.165, 1.54) is 0 Å². The van der Waals surface area contributed by atoms with E-state index < -0.39 is 5.79 Å². The third kappa shape index (κ3) is 4.61. The van der Waals surface area contributed by atoms with Gasteiger partial charge >= 0.3 is 0 Å². The van der Waals surface area contributed by atoms with Crippen LogP contribution in [-0.4, -0.2) is 49.4 Å². The number of rotatable bonds is 4. The van der Waals surface area contributed by atoms with E-state index in [1.54, 1.807) is 19.0 Å². The first kappa shape index (κ1) is 14.4. The van der Waals surface area contributed by atoms with E-state index in [0.29, 0.717) is 13.0 Å². The van der Waals surface area contributed by atoms with E-state index in [1.807, 2.05) is 13.8 Å². The van der Waals surface area contributed by atoms with Crippen LogP contribution < -0.4 is 5.73 Å². The van der Waals surface area contributed by atoms with Crippen LogP contribution in [0, 0.1) is 0 Å². The SMILES string of the molecule is CN(C)C(=O)CC1CC(CCN)OC(C)(C)O1. The van der Waals surface area contributed by atoms with Crippen molar-refractivity contribution in [2.75, 3.05) is 20.6 Å². The molecule has 1 heterocycles. The molecule has 1 rings (SSSR count). The second kappa shape index (κ2) is 5.80. The van der Waals surface area contributed by atoms with E-state index in [-0.39, 0.29) is 18.1 Å². The summed E-state index contributed by atoms with van der Waals surface area (Å²) >= 11 is 0. The maximum absolute atomic E-state index is 11.7. The molecule has 17 heavy (non-hydrogen) atoms. The summed E-state index contributed by atoms with van der Waals surface area (Å²) in [6.07, 6.45) is 1.95. The molecular formula is C12H24N2O3. The molecule has 1 aliphatic heterocycles. The number of carbonyl (C=O) groups is 1. The topological polar surface area (TPSA) is 64.8 Å². The van der Waals surface area contributed by atoms with Crippen LogP contribution in [0.15, 0.2) is 0 Å². The minimum Gasteiger partial charge on any atom is -0.349 e. The number of amides is 1. The Morgan fingerprint density at radius 2 is 1.94 bits per heavy atom. The minimum atomic E-state index is -0.630. The molecule has 0 aromatic carbocycles. The average molecular weight is 244 g/mol. The molecule has 1 aliphatic rings. The normalized spacial score (nSPS) is 27.8. The molecule has 0 aliphatic carbocycles. The van der Waals surface area contributed by atoms with Crippen LogP contribution in [0.1, 0.15) is 33.1 Å². The summed E-state index contributed by atoms with van der Waals surface area (Å²) in [5.41, 5.74) is 5.55. The van der Waals surface area contributed by atoms with Crippen molar-refractivity contribution in [3.8, 4) is 0 Å². The molecule has 0 spiro atoms. The van der Waals surface area contributed by atoms with Gasteiger partial charge in [0.15, 0.2) is 5.79 Å². The van der Waals surface area contributed by atoms with E-state index in [9.17, 15) is 4.79 Å². The van der Waals surface area contributed by atoms with Gasteiger partial charge in [0.2, 0.25) is 5.91 Å². The van der Waals surface area contributed by atoms with Crippen molar-refractivity contribution >= 4 is 5.91 Å². The lowest BCUT2D eigenvalue weighted by Gasteiger charge is -2.40. The fourth-order valence-electron chi connectivity index (χ4n) is 2.08. The van der Waals surface area contributed by atoms with Gasteiger partial charge in [0.25, 0.3) is 0 Å². The summed E-state index contributed by atoms with van der Waals surface area (Å²) in [6.45, 7) is 4.35. The summed E-state index contributed by atoms with van der Waals surface area (Å²) in [4.78, 5) is 13.3. The quantitative estimate of drug-likeness (QED) is 0.791. The standard InChI is InChI=1S/C12H24N2O3/c1-12(2)16-9(5-6-13)7-10(17-12)8-11(15)14(3)4/h9-10H,5-8,13H2,1-4H3. The Hall–Kier alpha value is -0.650. The summed E-state index contributed by atoms with van der Waals surface area (Å²) in [7, 11) is 3.51. The molecular weight excluding hydrogens is 220 g/mol. The zero-order valence-corrected chi connectivity index (χ0v) is 11.2. The molecule has 100 valence electrons. The van der Waals surface area contributed by atoms with Crippen LogP contribution in [0.5, 0.6) is 0 Å². The molecule has 0 saturated carbocycles. The first-order valence-electron chi connectivity index (χ1n) is 6.10. The summed E-state index contributed by atoms with van der Waals surface area (Å²) in [5, 5.41) is 0. The molecule has 1 amide bonds. The van der Waals surface area contributed by atoms with Gasteiger partial charge in [-0.2, -0.15) is 0 Å². The van der Waals surface area contributed by atoms with Crippen molar-refractivity contribution in [3.63, 3.8) is 0 Å². The van der Waals surface area contributed by atoms with Crippen LogP contribution in [0.2, 0.25) is 0 Å². The highest BCUT2D eigenvalue weighted by Gasteiger charge is 2.36. The highest BCUT2D eigenvalue weighted by atomic mass is 16.7. The molecule has 2 atom stereocenters. The van der Waals surface area contributed by atoms with Gasteiger partial charge in [0.05, 0.1) is 18.6 Å². The molecule has 0 bridgehead atoms. The number of nitrogens with zero attached hydrogens (tertiary/aromatic N) is 1. The van der Waals surface area contributed by atoms with Crippen molar-refractivity contribution in [1.29, 1.82) is 0 Å². The van der Waals surface area contributed by atoms with E-state index in [2.05, 4.69) is 0 Å². The van der Waals surface area contributed by atoms with Crippen LogP contribution >= 0.6 is 0 Å². The largest absolute Gasteiger partial charge is 0.349 e.